The van der Waals surface area contributed by atoms with Crippen molar-refractivity contribution >= 4 is 29.1 Å². The molecule has 1 aliphatic heterocycles. The van der Waals surface area contributed by atoms with E-state index in [1.807, 2.05) is 0 Å². The summed E-state index contributed by atoms with van der Waals surface area (Å²) in [5.74, 6) is -2.20. The Morgan fingerprint density at radius 3 is 2.38 bits per heavy atom. The van der Waals surface area contributed by atoms with Gasteiger partial charge >= 0.3 is 0 Å². The molecule has 6 nitrogen and oxygen atoms in total. The van der Waals surface area contributed by atoms with Crippen LogP contribution in [0.3, 0.4) is 0 Å². The lowest BCUT2D eigenvalue weighted by Gasteiger charge is -2.31. The van der Waals surface area contributed by atoms with Crippen LogP contribution < -0.4 is 9.47 Å². The number of likely N-dealkylation sites (tertiary alicyclic amines) is 1. The summed E-state index contributed by atoms with van der Waals surface area (Å²) < 4.78 is 25.5. The molecule has 0 bridgehead atoms. The minimum Gasteiger partial charge on any atom is -0.507 e. The van der Waals surface area contributed by atoms with E-state index in [4.69, 9.17) is 21.1 Å². The predicted octanol–water partition coefficient (Wildman–Crippen LogP) is 4.86. The van der Waals surface area contributed by atoms with E-state index in [1.54, 1.807) is 6.07 Å². The highest BCUT2D eigenvalue weighted by molar-refractivity contribution is 6.46. The van der Waals surface area contributed by atoms with Crippen LogP contribution in [-0.4, -0.2) is 42.0 Å². The highest BCUT2D eigenvalue weighted by Gasteiger charge is 2.50. The number of halogens is 2. The number of ether oxygens (including phenoxy) is 2. The summed E-state index contributed by atoms with van der Waals surface area (Å²) in [7, 11) is 2.80. The van der Waals surface area contributed by atoms with Gasteiger partial charge in [-0.25, -0.2) is 4.39 Å². The van der Waals surface area contributed by atoms with Crippen LogP contribution in [-0.2, 0) is 9.59 Å². The number of nitrogens with zero attached hydrogens (tertiary/aromatic N) is 1. The number of rotatable bonds is 5. The van der Waals surface area contributed by atoms with Gasteiger partial charge in [-0.3, -0.25) is 9.59 Å². The Morgan fingerprint density at radius 1 is 1.09 bits per heavy atom. The van der Waals surface area contributed by atoms with Crippen LogP contribution in [0.2, 0.25) is 5.02 Å². The molecule has 2 aliphatic rings. The van der Waals surface area contributed by atoms with Gasteiger partial charge in [0.2, 0.25) is 0 Å². The topological polar surface area (TPSA) is 76.1 Å². The molecule has 1 saturated heterocycles. The van der Waals surface area contributed by atoms with Gasteiger partial charge in [0, 0.05) is 17.7 Å². The van der Waals surface area contributed by atoms with E-state index in [2.05, 4.69) is 0 Å². The standard InChI is InChI=1S/C24H23ClFNO5/c1-31-18-12-16(25)19(32-2)11-15(18)22(28)20-21(14-9-5-6-10-17(14)26)27(24(30)23(20)29)13-7-3-4-8-13/h5-6,9-13,21,28H,3-4,7-8H2,1-2H3/b22-20+. The molecule has 1 N–H and O–H groups in total. The number of hydrogen-bond acceptors (Lipinski definition) is 5. The van der Waals surface area contributed by atoms with E-state index in [0.717, 1.165) is 25.7 Å². The van der Waals surface area contributed by atoms with Gasteiger partial charge < -0.3 is 19.5 Å². The monoisotopic (exact) mass is 459 g/mol. The fraction of sp³-hybridized carbons (Fsp3) is 0.333. The second kappa shape index (κ2) is 8.82. The van der Waals surface area contributed by atoms with E-state index < -0.39 is 29.3 Å². The van der Waals surface area contributed by atoms with Gasteiger partial charge in [0.1, 0.15) is 23.1 Å². The van der Waals surface area contributed by atoms with Gasteiger partial charge in [-0.05, 0) is 25.0 Å². The van der Waals surface area contributed by atoms with Crippen molar-refractivity contribution in [3.63, 3.8) is 0 Å². The van der Waals surface area contributed by atoms with E-state index in [1.165, 1.54) is 49.5 Å². The maximum Gasteiger partial charge on any atom is 0.295 e. The van der Waals surface area contributed by atoms with Crippen molar-refractivity contribution < 1.29 is 28.6 Å². The van der Waals surface area contributed by atoms with Gasteiger partial charge in [0.15, 0.2) is 0 Å². The van der Waals surface area contributed by atoms with Crippen LogP contribution >= 0.6 is 11.6 Å². The summed E-state index contributed by atoms with van der Waals surface area (Å²) >= 11 is 6.17. The molecule has 8 heteroatoms. The SMILES string of the molecule is COc1cc(/C(O)=C2\C(=O)C(=O)N(C3CCCC3)C2c2ccccc2F)c(OC)cc1Cl. The molecule has 2 fully saturated rings. The maximum atomic E-state index is 14.9. The second-order valence-corrected chi connectivity index (χ2v) is 8.26. The molecule has 1 saturated carbocycles. The lowest BCUT2D eigenvalue weighted by atomic mass is 9.94. The van der Waals surface area contributed by atoms with Gasteiger partial charge in [0.05, 0.1) is 36.4 Å². The maximum absolute atomic E-state index is 14.9. The number of aliphatic hydroxyl groups excluding tert-OH is 1. The molecular weight excluding hydrogens is 437 g/mol. The van der Waals surface area contributed by atoms with Crippen molar-refractivity contribution in [1.82, 2.24) is 4.90 Å². The second-order valence-electron chi connectivity index (χ2n) is 7.85. The van der Waals surface area contributed by atoms with Gasteiger partial charge in [0.25, 0.3) is 11.7 Å². The molecule has 2 aromatic carbocycles. The Balaban J connectivity index is 1.96. The average molecular weight is 460 g/mol. The van der Waals surface area contributed by atoms with Crippen LogP contribution in [0.25, 0.3) is 5.76 Å². The van der Waals surface area contributed by atoms with E-state index >= 15 is 0 Å². The first-order chi connectivity index (χ1) is 15.4. The number of methoxy groups -OCH3 is 2. The third-order valence-corrected chi connectivity index (χ3v) is 6.42. The first kappa shape index (κ1) is 22.1. The predicted molar refractivity (Wildman–Crippen MR) is 117 cm³/mol. The zero-order valence-corrected chi connectivity index (χ0v) is 18.5. The van der Waals surface area contributed by atoms with Crippen LogP contribution in [0.5, 0.6) is 11.5 Å². The van der Waals surface area contributed by atoms with Gasteiger partial charge in [-0.2, -0.15) is 0 Å². The third-order valence-electron chi connectivity index (χ3n) is 6.13. The van der Waals surface area contributed by atoms with Crippen LogP contribution in [0, 0.1) is 5.82 Å². The number of carbonyl (C=O) groups excluding carboxylic acids is 2. The minimum absolute atomic E-state index is 0.125. The van der Waals surface area contributed by atoms with Crippen molar-refractivity contribution in [3.8, 4) is 11.5 Å². The minimum atomic E-state index is -1.05. The van der Waals surface area contributed by atoms with Crippen molar-refractivity contribution in [2.45, 2.75) is 37.8 Å². The first-order valence-electron chi connectivity index (χ1n) is 10.4. The molecule has 0 radical (unpaired) electrons. The zero-order valence-electron chi connectivity index (χ0n) is 17.7. The normalized spacial score (nSPS) is 20.8. The molecule has 0 aromatic heterocycles. The van der Waals surface area contributed by atoms with Gasteiger partial charge in [-0.15, -0.1) is 0 Å². The summed E-state index contributed by atoms with van der Waals surface area (Å²) in [4.78, 5) is 27.7. The Kier molecular flexibility index (Phi) is 6.11. The highest BCUT2D eigenvalue weighted by Crippen LogP contribution is 2.46. The fourth-order valence-corrected chi connectivity index (χ4v) is 4.83. The number of aliphatic hydroxyl groups is 1. The van der Waals surface area contributed by atoms with Crippen molar-refractivity contribution in [1.29, 1.82) is 0 Å². The number of ketones is 1. The largest absolute Gasteiger partial charge is 0.507 e. The molecule has 1 amide bonds. The number of hydrogen-bond donors (Lipinski definition) is 1. The molecular formula is C24H23ClFNO5. The molecule has 1 heterocycles. The lowest BCUT2D eigenvalue weighted by Crippen LogP contribution is -2.38. The molecule has 168 valence electrons. The van der Waals surface area contributed by atoms with E-state index in [0.29, 0.717) is 0 Å². The summed E-state index contributed by atoms with van der Waals surface area (Å²) in [6.45, 7) is 0. The Labute approximate surface area is 190 Å². The van der Waals surface area contributed by atoms with Crippen LogP contribution in [0.1, 0.15) is 42.9 Å². The van der Waals surface area contributed by atoms with E-state index in [9.17, 15) is 19.1 Å². The molecule has 1 unspecified atom stereocenters. The first-order valence-corrected chi connectivity index (χ1v) is 10.7. The zero-order chi connectivity index (χ0) is 23.0. The Hall–Kier alpha value is -3.06. The number of carbonyl (C=O) groups is 2. The lowest BCUT2D eigenvalue weighted by molar-refractivity contribution is -0.141. The molecule has 0 spiro atoms. The van der Waals surface area contributed by atoms with E-state index in [-0.39, 0.29) is 39.3 Å². The van der Waals surface area contributed by atoms with Crippen molar-refractivity contribution in [2.75, 3.05) is 14.2 Å². The molecule has 4 rings (SSSR count). The highest BCUT2D eigenvalue weighted by atomic mass is 35.5. The fourth-order valence-electron chi connectivity index (χ4n) is 4.60. The molecule has 2 aromatic rings. The smallest absolute Gasteiger partial charge is 0.295 e. The third kappa shape index (κ3) is 3.60. The molecule has 1 aliphatic carbocycles. The van der Waals surface area contributed by atoms with Gasteiger partial charge in [-0.1, -0.05) is 42.6 Å². The van der Waals surface area contributed by atoms with Crippen molar-refractivity contribution in [3.05, 3.63) is 63.9 Å². The quantitative estimate of drug-likeness (QED) is 0.392. The average Bonchev–Trinajstić information content (AvgIpc) is 3.40. The number of Topliss-reactive ketones (excluding diaryl/α,β-unsaturated/α-hetero) is 1. The summed E-state index contributed by atoms with van der Waals surface area (Å²) in [5.41, 5.74) is 0.0919. The van der Waals surface area contributed by atoms with Crippen molar-refractivity contribution in [2.24, 2.45) is 0 Å². The Bertz CT molecular complexity index is 1110. The van der Waals surface area contributed by atoms with Crippen LogP contribution in [0.15, 0.2) is 42.0 Å². The number of benzene rings is 2. The molecule has 1 atom stereocenters. The molecule has 32 heavy (non-hydrogen) atoms. The Morgan fingerprint density at radius 2 is 1.75 bits per heavy atom. The number of amides is 1. The summed E-state index contributed by atoms with van der Waals surface area (Å²) in [5, 5.41) is 11.5. The van der Waals surface area contributed by atoms with Crippen LogP contribution in [0.4, 0.5) is 4.39 Å². The summed E-state index contributed by atoms with van der Waals surface area (Å²) in [6, 6.07) is 7.59. The summed E-state index contributed by atoms with van der Waals surface area (Å²) in [6.07, 6.45) is 3.27.